The highest BCUT2D eigenvalue weighted by molar-refractivity contribution is 5.37. The van der Waals surface area contributed by atoms with Gasteiger partial charge >= 0.3 is 0 Å². The first-order chi connectivity index (χ1) is 8.27. The maximum Gasteiger partial charge on any atom is 0.124 e. The topological polar surface area (TPSA) is 30.5 Å². The van der Waals surface area contributed by atoms with E-state index in [-0.39, 0.29) is 0 Å². The molecular weight excluding hydrogens is 214 g/mol. The van der Waals surface area contributed by atoms with E-state index in [0.29, 0.717) is 12.1 Å². The normalized spacial score (nSPS) is 18.9. The fourth-order valence-corrected chi connectivity index (χ4v) is 2.08. The molecule has 0 amide bonds. The molecule has 0 saturated carbocycles. The third kappa shape index (κ3) is 3.45. The van der Waals surface area contributed by atoms with Crippen LogP contribution in [0.15, 0.2) is 24.3 Å². The zero-order valence-electron chi connectivity index (χ0n) is 10.6. The van der Waals surface area contributed by atoms with Crippen molar-refractivity contribution in [3.8, 4) is 5.75 Å². The first-order valence-corrected chi connectivity index (χ1v) is 6.34. The van der Waals surface area contributed by atoms with Crippen LogP contribution in [0.2, 0.25) is 0 Å². The van der Waals surface area contributed by atoms with E-state index in [1.165, 1.54) is 5.56 Å². The van der Waals surface area contributed by atoms with Crippen molar-refractivity contribution < 1.29 is 9.47 Å². The lowest BCUT2D eigenvalue weighted by Gasteiger charge is -2.26. The van der Waals surface area contributed by atoms with E-state index in [1.54, 1.807) is 0 Å². The fourth-order valence-electron chi connectivity index (χ4n) is 2.08. The van der Waals surface area contributed by atoms with Crippen LogP contribution >= 0.6 is 0 Å². The highest BCUT2D eigenvalue weighted by atomic mass is 16.5. The summed E-state index contributed by atoms with van der Waals surface area (Å²) < 4.78 is 11.2. The van der Waals surface area contributed by atoms with Crippen LogP contribution in [-0.2, 0) is 4.74 Å². The van der Waals surface area contributed by atoms with E-state index in [2.05, 4.69) is 31.3 Å². The standard InChI is InChI=1S/C14H21NO2/c1-11(2)16-10-8-15-13-7-9-17-14-6-4-3-5-12(13)14/h3-6,11,13,15H,7-10H2,1-2H3. The molecule has 0 spiro atoms. The molecule has 1 N–H and O–H groups in total. The summed E-state index contributed by atoms with van der Waals surface area (Å²) in [6.07, 6.45) is 1.33. The van der Waals surface area contributed by atoms with Gasteiger partial charge in [0.15, 0.2) is 0 Å². The maximum absolute atomic E-state index is 5.63. The largest absolute Gasteiger partial charge is 0.493 e. The van der Waals surface area contributed by atoms with E-state index < -0.39 is 0 Å². The summed E-state index contributed by atoms with van der Waals surface area (Å²) in [4.78, 5) is 0. The van der Waals surface area contributed by atoms with E-state index in [4.69, 9.17) is 9.47 Å². The molecule has 0 radical (unpaired) electrons. The van der Waals surface area contributed by atoms with Crippen molar-refractivity contribution in [1.82, 2.24) is 5.32 Å². The Kier molecular flexibility index (Phi) is 4.40. The first-order valence-electron chi connectivity index (χ1n) is 6.34. The predicted octanol–water partition coefficient (Wildman–Crippen LogP) is 2.52. The van der Waals surface area contributed by atoms with Crippen LogP contribution in [0.4, 0.5) is 0 Å². The van der Waals surface area contributed by atoms with Crippen LogP contribution < -0.4 is 10.1 Å². The summed E-state index contributed by atoms with van der Waals surface area (Å²) in [7, 11) is 0. The van der Waals surface area contributed by atoms with Crippen molar-refractivity contribution in [3.05, 3.63) is 29.8 Å². The Labute approximate surface area is 103 Å². The van der Waals surface area contributed by atoms with Gasteiger partial charge in [-0.1, -0.05) is 18.2 Å². The molecule has 3 nitrogen and oxygen atoms in total. The molecule has 17 heavy (non-hydrogen) atoms. The van der Waals surface area contributed by atoms with Crippen molar-refractivity contribution in [1.29, 1.82) is 0 Å². The van der Waals surface area contributed by atoms with Crippen LogP contribution in [0.25, 0.3) is 0 Å². The fraction of sp³-hybridized carbons (Fsp3) is 0.571. The Morgan fingerprint density at radius 3 is 3.06 bits per heavy atom. The number of para-hydroxylation sites is 1. The van der Waals surface area contributed by atoms with Gasteiger partial charge in [-0.15, -0.1) is 0 Å². The average Bonchev–Trinajstić information content (AvgIpc) is 2.34. The van der Waals surface area contributed by atoms with Crippen LogP contribution in [0.1, 0.15) is 31.9 Å². The highest BCUT2D eigenvalue weighted by Crippen LogP contribution is 2.31. The monoisotopic (exact) mass is 235 g/mol. The van der Waals surface area contributed by atoms with Gasteiger partial charge in [0.1, 0.15) is 5.75 Å². The summed E-state index contributed by atoms with van der Waals surface area (Å²) in [6, 6.07) is 8.65. The van der Waals surface area contributed by atoms with E-state index in [1.807, 2.05) is 12.1 Å². The van der Waals surface area contributed by atoms with E-state index in [0.717, 1.165) is 31.9 Å². The van der Waals surface area contributed by atoms with Crippen molar-refractivity contribution >= 4 is 0 Å². The molecule has 0 fully saturated rings. The highest BCUT2D eigenvalue weighted by Gasteiger charge is 2.19. The molecule has 1 atom stereocenters. The Morgan fingerprint density at radius 2 is 2.24 bits per heavy atom. The van der Waals surface area contributed by atoms with Gasteiger partial charge in [0.05, 0.1) is 19.3 Å². The Hall–Kier alpha value is -1.06. The Bertz CT molecular complexity index is 352. The van der Waals surface area contributed by atoms with Crippen molar-refractivity contribution in [2.24, 2.45) is 0 Å². The van der Waals surface area contributed by atoms with Gasteiger partial charge in [0.2, 0.25) is 0 Å². The zero-order chi connectivity index (χ0) is 12.1. The van der Waals surface area contributed by atoms with Gasteiger partial charge in [0.25, 0.3) is 0 Å². The third-order valence-electron chi connectivity index (χ3n) is 2.90. The maximum atomic E-state index is 5.63. The number of ether oxygens (including phenoxy) is 2. The lowest BCUT2D eigenvalue weighted by molar-refractivity contribution is 0.0782. The molecule has 0 aliphatic carbocycles. The Morgan fingerprint density at radius 1 is 1.41 bits per heavy atom. The van der Waals surface area contributed by atoms with Crippen LogP contribution in [-0.4, -0.2) is 25.9 Å². The molecule has 3 heteroatoms. The van der Waals surface area contributed by atoms with Crippen molar-refractivity contribution in [2.45, 2.75) is 32.4 Å². The molecule has 0 saturated heterocycles. The quantitative estimate of drug-likeness (QED) is 0.795. The lowest BCUT2D eigenvalue weighted by atomic mass is 10.0. The minimum Gasteiger partial charge on any atom is -0.493 e. The van der Waals surface area contributed by atoms with Crippen LogP contribution in [0, 0.1) is 0 Å². The molecule has 1 aliphatic rings. The summed E-state index contributed by atoms with van der Waals surface area (Å²) in [6.45, 7) is 6.56. The molecule has 1 unspecified atom stereocenters. The van der Waals surface area contributed by atoms with Gasteiger partial charge in [-0.2, -0.15) is 0 Å². The minimum absolute atomic E-state index is 0.304. The molecule has 1 aromatic rings. The predicted molar refractivity (Wildman–Crippen MR) is 68.4 cm³/mol. The van der Waals surface area contributed by atoms with Gasteiger partial charge in [-0.3, -0.25) is 0 Å². The van der Waals surface area contributed by atoms with E-state index >= 15 is 0 Å². The lowest BCUT2D eigenvalue weighted by Crippen LogP contribution is -2.30. The number of fused-ring (bicyclic) bond motifs is 1. The molecule has 1 aliphatic heterocycles. The molecule has 1 aromatic carbocycles. The van der Waals surface area contributed by atoms with Crippen LogP contribution in [0.3, 0.4) is 0 Å². The number of hydrogen-bond donors (Lipinski definition) is 1. The molecule has 0 bridgehead atoms. The second-order valence-corrected chi connectivity index (χ2v) is 4.60. The second kappa shape index (κ2) is 6.03. The molecule has 2 rings (SSSR count). The van der Waals surface area contributed by atoms with E-state index in [9.17, 15) is 0 Å². The van der Waals surface area contributed by atoms with Crippen molar-refractivity contribution in [2.75, 3.05) is 19.8 Å². The molecular formula is C14H21NO2. The molecule has 94 valence electrons. The average molecular weight is 235 g/mol. The zero-order valence-corrected chi connectivity index (χ0v) is 10.6. The smallest absolute Gasteiger partial charge is 0.124 e. The first kappa shape index (κ1) is 12.4. The van der Waals surface area contributed by atoms with Gasteiger partial charge < -0.3 is 14.8 Å². The van der Waals surface area contributed by atoms with Gasteiger partial charge in [-0.25, -0.2) is 0 Å². The second-order valence-electron chi connectivity index (χ2n) is 4.60. The Balaban J connectivity index is 1.86. The van der Waals surface area contributed by atoms with Gasteiger partial charge in [-0.05, 0) is 19.9 Å². The number of benzene rings is 1. The molecule has 1 heterocycles. The summed E-state index contributed by atoms with van der Waals surface area (Å²) in [5, 5.41) is 3.53. The third-order valence-corrected chi connectivity index (χ3v) is 2.90. The number of nitrogens with one attached hydrogen (secondary N) is 1. The van der Waals surface area contributed by atoms with Gasteiger partial charge in [0, 0.05) is 24.6 Å². The number of hydrogen-bond acceptors (Lipinski definition) is 3. The summed E-state index contributed by atoms with van der Waals surface area (Å²) >= 11 is 0. The van der Waals surface area contributed by atoms with Crippen molar-refractivity contribution in [3.63, 3.8) is 0 Å². The minimum atomic E-state index is 0.304. The summed E-state index contributed by atoms with van der Waals surface area (Å²) in [5.74, 6) is 1.01. The number of rotatable bonds is 5. The summed E-state index contributed by atoms with van der Waals surface area (Å²) in [5.41, 5.74) is 1.27. The van der Waals surface area contributed by atoms with Crippen LogP contribution in [0.5, 0.6) is 5.75 Å². The SMILES string of the molecule is CC(C)OCCNC1CCOc2ccccc21. The molecule has 0 aromatic heterocycles.